The number of piperidine rings is 2. The summed E-state index contributed by atoms with van der Waals surface area (Å²) in [4.78, 5) is 44.5. The minimum atomic E-state index is -0.377. The first-order valence-corrected chi connectivity index (χ1v) is 23.3. The number of nitrogens with zero attached hydrogens (tertiary/aromatic N) is 10. The van der Waals surface area contributed by atoms with E-state index >= 15 is 0 Å². The minimum absolute atomic E-state index is 0.0975. The van der Waals surface area contributed by atoms with E-state index in [1.54, 1.807) is 37.5 Å². The second kappa shape index (κ2) is 17.4. The van der Waals surface area contributed by atoms with Crippen molar-refractivity contribution in [3.63, 3.8) is 0 Å². The molecule has 2 saturated heterocycles. The Morgan fingerprint density at radius 2 is 1.64 bits per heavy atom. The number of carbonyl (C=O) groups excluding carboxylic acids is 2. The number of hydrogen-bond donors (Lipinski definition) is 1. The number of ether oxygens (including phenoxy) is 1. The molecule has 3 fully saturated rings. The Labute approximate surface area is 381 Å². The molecule has 334 valence electrons. The Kier molecular flexibility index (Phi) is 11.8. The Morgan fingerprint density at radius 1 is 0.906 bits per heavy atom. The van der Waals surface area contributed by atoms with Gasteiger partial charge in [0.05, 0.1) is 40.4 Å². The van der Waals surface area contributed by atoms with E-state index in [9.17, 15) is 20.1 Å². The molecule has 1 aliphatic carbocycles. The fourth-order valence-corrected chi connectivity index (χ4v) is 11.8. The van der Waals surface area contributed by atoms with Crippen molar-refractivity contribution in [3.05, 3.63) is 87.3 Å². The highest BCUT2D eigenvalue weighted by Gasteiger charge is 2.64. The number of benzene rings is 2. The molecule has 2 aromatic heterocycles. The van der Waals surface area contributed by atoms with Crippen molar-refractivity contribution in [1.29, 1.82) is 10.5 Å². The molecule has 0 bridgehead atoms. The topological polar surface area (TPSA) is 160 Å². The highest BCUT2D eigenvalue weighted by atomic mass is 35.5. The number of carbonyl (C=O) groups is 2. The first-order valence-electron chi connectivity index (χ1n) is 22.9. The molecule has 2 aromatic carbocycles. The standard InChI is InChI=1S/C49H58ClN11O3/c1-31(62)59-22-16-42-39(30-59)43(60-17-6-7-34-23-33(25-51)8-11-41(34)60)56-61(42)37-14-18-57(19-15-37)29-32-12-20-58(21-13-32)47-53-27-36(28-54-47)44(63)55-45-48(2,3)46(49(45,4)5)64-38-10-9-35(26-52)40(50)24-38/h8-11,23-24,27-28,32,37,45-46H,6-7,12-22,29-30H2,1-5H3,(H,55,63). The number of hydrogen-bond acceptors (Lipinski definition) is 11. The van der Waals surface area contributed by atoms with Crippen molar-refractivity contribution in [2.24, 2.45) is 16.7 Å². The Morgan fingerprint density at radius 3 is 2.31 bits per heavy atom. The quantitative estimate of drug-likeness (QED) is 0.181. The molecule has 0 spiro atoms. The van der Waals surface area contributed by atoms with Crippen LogP contribution in [-0.2, 0) is 24.2 Å². The van der Waals surface area contributed by atoms with Gasteiger partial charge in [0, 0.05) is 111 Å². The van der Waals surface area contributed by atoms with Gasteiger partial charge in [-0.25, -0.2) is 9.97 Å². The van der Waals surface area contributed by atoms with E-state index in [1.165, 1.54) is 16.8 Å². The molecule has 4 aliphatic heterocycles. The van der Waals surface area contributed by atoms with Gasteiger partial charge < -0.3 is 29.7 Å². The van der Waals surface area contributed by atoms with Crippen LogP contribution >= 0.6 is 11.6 Å². The predicted molar refractivity (Wildman–Crippen MR) is 245 cm³/mol. The molecule has 14 nitrogen and oxygen atoms in total. The van der Waals surface area contributed by atoms with Crippen molar-refractivity contribution >= 4 is 40.9 Å². The average Bonchev–Trinajstić information content (AvgIpc) is 3.68. The molecule has 64 heavy (non-hydrogen) atoms. The van der Waals surface area contributed by atoms with E-state index in [4.69, 9.17) is 21.4 Å². The molecular weight excluding hydrogens is 826 g/mol. The van der Waals surface area contributed by atoms with Crippen LogP contribution in [0, 0.1) is 39.4 Å². The van der Waals surface area contributed by atoms with Crippen molar-refractivity contribution in [2.45, 2.75) is 104 Å². The van der Waals surface area contributed by atoms with Crippen molar-refractivity contribution in [2.75, 3.05) is 55.6 Å². The summed E-state index contributed by atoms with van der Waals surface area (Å²) in [6.07, 6.45) is 10.0. The maximum Gasteiger partial charge on any atom is 0.254 e. The number of anilines is 3. The van der Waals surface area contributed by atoms with Crippen LogP contribution in [0.2, 0.25) is 5.02 Å². The summed E-state index contributed by atoms with van der Waals surface area (Å²) in [5.41, 5.74) is 5.51. The molecule has 1 N–H and O–H groups in total. The average molecular weight is 885 g/mol. The summed E-state index contributed by atoms with van der Waals surface area (Å²) < 4.78 is 8.71. The lowest BCUT2D eigenvalue weighted by Gasteiger charge is -2.63. The lowest BCUT2D eigenvalue weighted by Crippen LogP contribution is -2.74. The van der Waals surface area contributed by atoms with E-state index in [1.807, 2.05) is 17.0 Å². The lowest BCUT2D eigenvalue weighted by molar-refractivity contribution is -0.164. The van der Waals surface area contributed by atoms with Crippen LogP contribution in [0.1, 0.15) is 111 Å². The van der Waals surface area contributed by atoms with Crippen LogP contribution in [0.4, 0.5) is 17.5 Å². The molecule has 0 atom stereocenters. The summed E-state index contributed by atoms with van der Waals surface area (Å²) in [6.45, 7) is 17.0. The van der Waals surface area contributed by atoms with Gasteiger partial charge in [-0.3, -0.25) is 14.3 Å². The number of rotatable bonds is 9. The molecule has 2 amide bonds. The number of likely N-dealkylation sites (tertiary alicyclic amines) is 1. The normalized spacial score (nSPS) is 22.1. The van der Waals surface area contributed by atoms with Crippen LogP contribution in [0.5, 0.6) is 5.75 Å². The van der Waals surface area contributed by atoms with Crippen LogP contribution in [0.3, 0.4) is 0 Å². The molecule has 5 aliphatic rings. The summed E-state index contributed by atoms with van der Waals surface area (Å²) in [7, 11) is 0. The smallest absolute Gasteiger partial charge is 0.254 e. The number of nitriles is 2. The van der Waals surface area contributed by atoms with E-state index in [0.717, 1.165) is 95.7 Å². The minimum Gasteiger partial charge on any atom is -0.489 e. The van der Waals surface area contributed by atoms with E-state index in [-0.39, 0.29) is 34.8 Å². The van der Waals surface area contributed by atoms with Crippen molar-refractivity contribution < 1.29 is 14.3 Å². The maximum atomic E-state index is 13.5. The summed E-state index contributed by atoms with van der Waals surface area (Å²) in [5, 5.41) is 27.8. The van der Waals surface area contributed by atoms with Gasteiger partial charge in [-0.1, -0.05) is 39.3 Å². The van der Waals surface area contributed by atoms with Crippen molar-refractivity contribution in [1.82, 2.24) is 34.9 Å². The van der Waals surface area contributed by atoms with E-state index in [2.05, 4.69) is 80.6 Å². The van der Waals surface area contributed by atoms with Gasteiger partial charge in [-0.15, -0.1) is 0 Å². The predicted octanol–water partition coefficient (Wildman–Crippen LogP) is 7.22. The number of amides is 2. The summed E-state index contributed by atoms with van der Waals surface area (Å²) in [6, 6.07) is 15.6. The number of aromatic nitrogens is 4. The fourth-order valence-electron chi connectivity index (χ4n) is 11.5. The molecular formula is C49H58ClN11O3. The van der Waals surface area contributed by atoms with E-state index < -0.39 is 0 Å². The third-order valence-corrected chi connectivity index (χ3v) is 15.1. The van der Waals surface area contributed by atoms with Gasteiger partial charge in [-0.05, 0) is 80.3 Å². The molecule has 9 rings (SSSR count). The molecule has 0 unspecified atom stereocenters. The van der Waals surface area contributed by atoms with Crippen LogP contribution in [0.15, 0.2) is 48.8 Å². The molecule has 0 radical (unpaired) electrons. The zero-order valence-corrected chi connectivity index (χ0v) is 38.4. The summed E-state index contributed by atoms with van der Waals surface area (Å²) >= 11 is 6.27. The molecule has 1 saturated carbocycles. The van der Waals surface area contributed by atoms with Gasteiger partial charge in [0.2, 0.25) is 11.9 Å². The SMILES string of the molecule is CC(=O)N1CCc2c(c(N3CCCc4cc(C#N)ccc43)nn2C2CCN(CC3CCN(c4ncc(C(=O)NC5C(C)(C)C(Oc6ccc(C#N)c(Cl)c6)C5(C)C)cn4)CC3)CC2)C1. The highest BCUT2D eigenvalue weighted by molar-refractivity contribution is 6.31. The zero-order chi connectivity index (χ0) is 44.9. The molecule has 6 heterocycles. The third-order valence-electron chi connectivity index (χ3n) is 14.7. The Hall–Kier alpha value is -5.70. The fraction of sp³-hybridized carbons (Fsp3) is 0.531. The monoisotopic (exact) mass is 883 g/mol. The van der Waals surface area contributed by atoms with Gasteiger partial charge >= 0.3 is 0 Å². The van der Waals surface area contributed by atoms with Gasteiger partial charge in [-0.2, -0.15) is 15.6 Å². The largest absolute Gasteiger partial charge is 0.489 e. The number of fused-ring (bicyclic) bond motifs is 2. The first kappa shape index (κ1) is 43.5. The lowest BCUT2D eigenvalue weighted by atomic mass is 9.49. The Bertz CT molecular complexity index is 2490. The van der Waals surface area contributed by atoms with Gasteiger partial charge in [0.1, 0.15) is 17.9 Å². The van der Waals surface area contributed by atoms with Crippen LogP contribution < -0.4 is 19.9 Å². The second-order valence-electron chi connectivity index (χ2n) is 19.6. The highest BCUT2D eigenvalue weighted by Crippen LogP contribution is 2.55. The molecule has 4 aromatic rings. The number of nitrogens with one attached hydrogen (secondary N) is 1. The maximum absolute atomic E-state index is 13.5. The first-order chi connectivity index (χ1) is 30.7. The van der Waals surface area contributed by atoms with Crippen LogP contribution in [0.25, 0.3) is 0 Å². The second-order valence-corrected chi connectivity index (χ2v) is 20.0. The van der Waals surface area contributed by atoms with Crippen molar-refractivity contribution in [3.8, 4) is 17.9 Å². The van der Waals surface area contributed by atoms with Crippen LogP contribution in [-0.4, -0.2) is 99.3 Å². The number of aryl methyl sites for hydroxylation is 1. The molecule has 15 heteroatoms. The third kappa shape index (κ3) is 8.16. The Balaban J connectivity index is 0.772. The van der Waals surface area contributed by atoms with E-state index in [0.29, 0.717) is 58.5 Å². The van der Waals surface area contributed by atoms with Gasteiger partial charge in [0.15, 0.2) is 5.82 Å². The van der Waals surface area contributed by atoms with Gasteiger partial charge in [0.25, 0.3) is 5.91 Å². The summed E-state index contributed by atoms with van der Waals surface area (Å²) in [5.74, 6) is 2.70. The zero-order valence-electron chi connectivity index (χ0n) is 37.6. The number of halogens is 1.